The predicted molar refractivity (Wildman–Crippen MR) is 66.6 cm³/mol. The van der Waals surface area contributed by atoms with Crippen LogP contribution in [0.2, 0.25) is 0 Å². The van der Waals surface area contributed by atoms with E-state index in [1.54, 1.807) is 12.3 Å². The topological polar surface area (TPSA) is 71.2 Å². The number of rotatable bonds is 4. The van der Waals surface area contributed by atoms with Crippen LogP contribution in [0.3, 0.4) is 0 Å². The van der Waals surface area contributed by atoms with E-state index in [0.717, 1.165) is 4.47 Å². The van der Waals surface area contributed by atoms with Gasteiger partial charge in [0.05, 0.1) is 7.11 Å². The fourth-order valence-electron chi connectivity index (χ4n) is 1.34. The lowest BCUT2D eigenvalue weighted by atomic mass is 10.0. The van der Waals surface area contributed by atoms with Gasteiger partial charge in [-0.15, -0.1) is 0 Å². The van der Waals surface area contributed by atoms with Crippen LogP contribution >= 0.6 is 15.9 Å². The lowest BCUT2D eigenvalue weighted by Crippen LogP contribution is -2.45. The molecule has 1 atom stereocenters. The lowest BCUT2D eigenvalue weighted by molar-refractivity contribution is -0.144. The minimum atomic E-state index is -0.644. The van der Waals surface area contributed by atoms with E-state index < -0.39 is 12.0 Å². The van der Waals surface area contributed by atoms with E-state index in [2.05, 4.69) is 31.0 Å². The molecule has 1 aromatic rings. The highest BCUT2D eigenvalue weighted by Gasteiger charge is 2.25. The summed E-state index contributed by atoms with van der Waals surface area (Å²) in [4.78, 5) is 26.1. The molecule has 0 aliphatic heterocycles. The number of halogens is 1. The summed E-state index contributed by atoms with van der Waals surface area (Å²) in [5.74, 6) is -0.816. The molecule has 1 amide bonds. The second-order valence-corrected chi connectivity index (χ2v) is 4.87. The monoisotopic (exact) mass is 302 g/mol. The number of nitrogens with one attached hydrogen (secondary N) is 2. The van der Waals surface area contributed by atoms with Crippen molar-refractivity contribution in [2.45, 2.75) is 19.9 Å². The Labute approximate surface area is 108 Å². The second-order valence-electron chi connectivity index (χ2n) is 3.95. The van der Waals surface area contributed by atoms with Crippen LogP contribution in [0.15, 0.2) is 16.7 Å². The first-order valence-electron chi connectivity index (χ1n) is 5.18. The summed E-state index contributed by atoms with van der Waals surface area (Å²) >= 11 is 3.24. The Kier molecular flexibility index (Phi) is 4.74. The molecule has 0 unspecified atom stereocenters. The van der Waals surface area contributed by atoms with Gasteiger partial charge in [-0.05, 0) is 27.9 Å². The van der Waals surface area contributed by atoms with Crippen molar-refractivity contribution in [1.29, 1.82) is 0 Å². The zero-order valence-corrected chi connectivity index (χ0v) is 11.5. The Morgan fingerprint density at radius 1 is 1.47 bits per heavy atom. The average Bonchev–Trinajstić information content (AvgIpc) is 2.71. The molecular formula is C11H15BrN2O3. The Balaban J connectivity index is 2.74. The number of hydrogen-bond donors (Lipinski definition) is 2. The maximum atomic E-state index is 11.8. The summed E-state index contributed by atoms with van der Waals surface area (Å²) in [5.41, 5.74) is 0.395. The van der Waals surface area contributed by atoms with Gasteiger partial charge in [0.2, 0.25) is 0 Å². The standard InChI is InChI=1S/C11H15BrN2O3/c1-6(2)9(11(16)17-3)14-10(15)8-4-7(12)5-13-8/h4-6,9,13H,1-3H3,(H,14,15)/t9-/m0/s1. The molecule has 1 aromatic heterocycles. The van der Waals surface area contributed by atoms with Crippen LogP contribution < -0.4 is 5.32 Å². The van der Waals surface area contributed by atoms with Crippen molar-refractivity contribution in [1.82, 2.24) is 10.3 Å². The number of carbonyl (C=O) groups excluding carboxylic acids is 2. The van der Waals surface area contributed by atoms with Crippen molar-refractivity contribution < 1.29 is 14.3 Å². The van der Waals surface area contributed by atoms with Gasteiger partial charge >= 0.3 is 5.97 Å². The number of methoxy groups -OCH3 is 1. The Morgan fingerprint density at radius 2 is 2.12 bits per heavy atom. The zero-order valence-electron chi connectivity index (χ0n) is 9.91. The van der Waals surface area contributed by atoms with Crippen LogP contribution in [0.5, 0.6) is 0 Å². The predicted octanol–water partition coefficient (Wildman–Crippen LogP) is 1.70. The molecule has 6 heteroatoms. The van der Waals surface area contributed by atoms with Crippen LogP contribution in [0.4, 0.5) is 0 Å². The van der Waals surface area contributed by atoms with Gasteiger partial charge in [-0.3, -0.25) is 4.79 Å². The van der Waals surface area contributed by atoms with E-state index in [4.69, 9.17) is 0 Å². The number of H-pyrrole nitrogens is 1. The zero-order chi connectivity index (χ0) is 13.0. The van der Waals surface area contributed by atoms with Crippen molar-refractivity contribution in [2.24, 2.45) is 5.92 Å². The Bertz CT molecular complexity index is 415. The second kappa shape index (κ2) is 5.86. The smallest absolute Gasteiger partial charge is 0.328 e. The van der Waals surface area contributed by atoms with Crippen LogP contribution in [-0.4, -0.2) is 30.0 Å². The van der Waals surface area contributed by atoms with E-state index >= 15 is 0 Å². The van der Waals surface area contributed by atoms with Crippen molar-refractivity contribution in [3.63, 3.8) is 0 Å². The first-order chi connectivity index (χ1) is 7.95. The van der Waals surface area contributed by atoms with Crippen LogP contribution in [0, 0.1) is 5.92 Å². The van der Waals surface area contributed by atoms with Gasteiger partial charge in [-0.25, -0.2) is 4.79 Å². The first-order valence-corrected chi connectivity index (χ1v) is 5.97. The van der Waals surface area contributed by atoms with E-state index in [9.17, 15) is 9.59 Å². The third-order valence-corrected chi connectivity index (χ3v) is 2.76. The molecule has 0 fully saturated rings. The Hall–Kier alpha value is -1.30. The van der Waals surface area contributed by atoms with Gasteiger partial charge in [-0.1, -0.05) is 13.8 Å². The van der Waals surface area contributed by atoms with Gasteiger partial charge in [0, 0.05) is 10.7 Å². The molecule has 0 bridgehead atoms. The fraction of sp³-hybridized carbons (Fsp3) is 0.455. The van der Waals surface area contributed by atoms with E-state index in [1.807, 2.05) is 13.8 Å². The normalized spacial score (nSPS) is 12.3. The molecule has 5 nitrogen and oxygen atoms in total. The van der Waals surface area contributed by atoms with Crippen molar-refractivity contribution in [2.75, 3.05) is 7.11 Å². The van der Waals surface area contributed by atoms with Crippen molar-refractivity contribution >= 4 is 27.8 Å². The molecule has 0 saturated heterocycles. The summed E-state index contributed by atoms with van der Waals surface area (Å²) in [7, 11) is 1.30. The highest BCUT2D eigenvalue weighted by Crippen LogP contribution is 2.11. The van der Waals surface area contributed by atoms with Gasteiger partial charge in [0.1, 0.15) is 11.7 Å². The third-order valence-electron chi connectivity index (χ3n) is 2.30. The average molecular weight is 303 g/mol. The van der Waals surface area contributed by atoms with Crippen LogP contribution in [0.1, 0.15) is 24.3 Å². The van der Waals surface area contributed by atoms with E-state index in [0.29, 0.717) is 5.69 Å². The Morgan fingerprint density at radius 3 is 2.53 bits per heavy atom. The maximum Gasteiger partial charge on any atom is 0.328 e. The number of esters is 1. The quantitative estimate of drug-likeness (QED) is 0.832. The molecule has 0 aliphatic carbocycles. The van der Waals surface area contributed by atoms with Gasteiger partial charge in [-0.2, -0.15) is 0 Å². The molecule has 17 heavy (non-hydrogen) atoms. The van der Waals surface area contributed by atoms with Gasteiger partial charge < -0.3 is 15.0 Å². The van der Waals surface area contributed by atoms with E-state index in [-0.39, 0.29) is 11.8 Å². The molecule has 1 rings (SSSR count). The number of hydrogen-bond acceptors (Lipinski definition) is 3. The molecule has 2 N–H and O–H groups in total. The van der Waals surface area contributed by atoms with E-state index in [1.165, 1.54) is 7.11 Å². The van der Waals surface area contributed by atoms with Crippen molar-refractivity contribution in [3.8, 4) is 0 Å². The summed E-state index contributed by atoms with van der Waals surface area (Å²) in [5, 5.41) is 2.63. The molecule has 1 heterocycles. The lowest BCUT2D eigenvalue weighted by Gasteiger charge is -2.19. The number of ether oxygens (including phenoxy) is 1. The van der Waals surface area contributed by atoms with Crippen molar-refractivity contribution in [3.05, 3.63) is 22.4 Å². The highest BCUT2D eigenvalue weighted by molar-refractivity contribution is 9.10. The number of amides is 1. The van der Waals surface area contributed by atoms with Gasteiger partial charge in [0.15, 0.2) is 0 Å². The fourth-order valence-corrected chi connectivity index (χ4v) is 1.69. The highest BCUT2D eigenvalue weighted by atomic mass is 79.9. The molecule has 0 radical (unpaired) electrons. The maximum absolute atomic E-state index is 11.8. The summed E-state index contributed by atoms with van der Waals surface area (Å²) in [6, 6.07) is 0.999. The number of aromatic amines is 1. The molecular weight excluding hydrogens is 288 g/mol. The minimum Gasteiger partial charge on any atom is -0.467 e. The number of carbonyl (C=O) groups is 2. The largest absolute Gasteiger partial charge is 0.467 e. The van der Waals surface area contributed by atoms with Gasteiger partial charge in [0.25, 0.3) is 5.91 Å². The molecule has 0 saturated carbocycles. The number of aromatic nitrogens is 1. The minimum absolute atomic E-state index is 0.0372. The van der Waals surface area contributed by atoms with Crippen LogP contribution in [-0.2, 0) is 9.53 Å². The summed E-state index contributed by atoms with van der Waals surface area (Å²) in [6.45, 7) is 3.68. The van der Waals surface area contributed by atoms with Crippen LogP contribution in [0.25, 0.3) is 0 Å². The third kappa shape index (κ3) is 3.59. The summed E-state index contributed by atoms with van der Waals surface area (Å²) in [6.07, 6.45) is 1.65. The molecule has 0 spiro atoms. The first kappa shape index (κ1) is 13.8. The molecule has 94 valence electrons. The molecule has 0 aromatic carbocycles. The molecule has 0 aliphatic rings. The summed E-state index contributed by atoms with van der Waals surface area (Å²) < 4.78 is 5.42. The SMILES string of the molecule is COC(=O)[C@@H](NC(=O)c1cc(Br)c[nH]1)C(C)C.